The summed E-state index contributed by atoms with van der Waals surface area (Å²) in [7, 11) is 5.85. The first-order chi connectivity index (χ1) is 11.6. The van der Waals surface area contributed by atoms with Gasteiger partial charge in [0.15, 0.2) is 5.82 Å². The number of benzene rings is 1. The fourth-order valence-corrected chi connectivity index (χ4v) is 2.26. The Morgan fingerprint density at radius 2 is 2.08 bits per heavy atom. The van der Waals surface area contributed by atoms with Crippen LogP contribution in [0.1, 0.15) is 17.8 Å². The van der Waals surface area contributed by atoms with Gasteiger partial charge in [-0.2, -0.15) is 5.10 Å². The second-order valence-corrected chi connectivity index (χ2v) is 5.99. The van der Waals surface area contributed by atoms with Gasteiger partial charge in [-0.3, -0.25) is 5.43 Å². The zero-order valence-electron chi connectivity index (χ0n) is 14.3. The summed E-state index contributed by atoms with van der Waals surface area (Å²) < 4.78 is 0. The van der Waals surface area contributed by atoms with Gasteiger partial charge in [0.05, 0.1) is 6.21 Å². The number of nitrogens with one attached hydrogen (secondary N) is 2. The van der Waals surface area contributed by atoms with Crippen LogP contribution < -0.4 is 15.6 Å². The quantitative estimate of drug-likeness (QED) is 0.437. The molecule has 7 heteroatoms. The Balaban J connectivity index is 2.10. The highest BCUT2D eigenvalue weighted by atomic mass is 35.5. The van der Waals surface area contributed by atoms with Gasteiger partial charge in [-0.25, -0.2) is 9.97 Å². The molecule has 0 aliphatic heterocycles. The summed E-state index contributed by atoms with van der Waals surface area (Å²) in [6.45, 7) is 0.936. The Morgan fingerprint density at radius 3 is 2.79 bits per heavy atom. The third kappa shape index (κ3) is 5.79. The molecular formula is C17H23ClN6. The first-order valence-corrected chi connectivity index (χ1v) is 8.21. The van der Waals surface area contributed by atoms with Gasteiger partial charge in [-0.15, -0.1) is 0 Å². The van der Waals surface area contributed by atoms with Gasteiger partial charge in [0.25, 0.3) is 0 Å². The Kier molecular flexibility index (Phi) is 6.96. The molecule has 6 nitrogen and oxygen atoms in total. The Morgan fingerprint density at radius 1 is 1.25 bits per heavy atom. The zero-order chi connectivity index (χ0) is 17.4. The van der Waals surface area contributed by atoms with Gasteiger partial charge in [-0.1, -0.05) is 23.7 Å². The van der Waals surface area contributed by atoms with Crippen molar-refractivity contribution in [2.45, 2.75) is 12.8 Å². The van der Waals surface area contributed by atoms with E-state index in [0.717, 1.165) is 36.6 Å². The fraction of sp³-hybridized carbons (Fsp3) is 0.353. The predicted molar refractivity (Wildman–Crippen MR) is 101 cm³/mol. The lowest BCUT2D eigenvalue weighted by atomic mass is 10.2. The maximum Gasteiger partial charge on any atom is 0.152 e. The van der Waals surface area contributed by atoms with Crippen molar-refractivity contribution in [1.82, 2.24) is 15.3 Å². The van der Waals surface area contributed by atoms with Crippen LogP contribution in [0.5, 0.6) is 0 Å². The predicted octanol–water partition coefficient (Wildman–Crippen LogP) is 2.79. The van der Waals surface area contributed by atoms with Crippen LogP contribution in [0.15, 0.2) is 35.4 Å². The van der Waals surface area contributed by atoms with Crippen molar-refractivity contribution >= 4 is 29.5 Å². The highest BCUT2D eigenvalue weighted by molar-refractivity contribution is 6.30. The number of halogens is 1. The fourth-order valence-electron chi connectivity index (χ4n) is 2.06. The molecule has 0 unspecified atom stereocenters. The van der Waals surface area contributed by atoms with Crippen molar-refractivity contribution < 1.29 is 0 Å². The molecule has 128 valence electrons. The maximum absolute atomic E-state index is 5.96. The molecule has 0 atom stereocenters. The minimum atomic E-state index is 0.673. The van der Waals surface area contributed by atoms with E-state index in [9.17, 15) is 0 Å². The monoisotopic (exact) mass is 346 g/mol. The van der Waals surface area contributed by atoms with E-state index in [0.29, 0.717) is 10.8 Å². The number of aryl methyl sites for hydroxylation is 1. The summed E-state index contributed by atoms with van der Waals surface area (Å²) in [6, 6.07) is 9.37. The molecule has 1 aromatic heterocycles. The van der Waals surface area contributed by atoms with Crippen molar-refractivity contribution in [3.63, 3.8) is 0 Å². The largest absolute Gasteiger partial charge is 0.363 e. The van der Waals surface area contributed by atoms with E-state index >= 15 is 0 Å². The molecule has 0 aliphatic rings. The highest BCUT2D eigenvalue weighted by Crippen LogP contribution is 2.15. The second kappa shape index (κ2) is 9.20. The lowest BCUT2D eigenvalue weighted by Gasteiger charge is -2.14. The third-order valence-electron chi connectivity index (χ3n) is 3.29. The van der Waals surface area contributed by atoms with Crippen molar-refractivity contribution in [3.05, 3.63) is 46.7 Å². The summed E-state index contributed by atoms with van der Waals surface area (Å²) in [5, 5.41) is 8.05. The van der Waals surface area contributed by atoms with Crippen LogP contribution in [0, 0.1) is 0 Å². The van der Waals surface area contributed by atoms with Crippen LogP contribution in [0.2, 0.25) is 5.02 Å². The van der Waals surface area contributed by atoms with E-state index in [1.165, 1.54) is 0 Å². The summed E-state index contributed by atoms with van der Waals surface area (Å²) in [4.78, 5) is 11.0. The van der Waals surface area contributed by atoms with E-state index in [4.69, 9.17) is 11.6 Å². The Bertz CT molecular complexity index is 687. The molecule has 0 spiro atoms. The van der Waals surface area contributed by atoms with Crippen LogP contribution in [-0.4, -0.2) is 43.9 Å². The molecule has 2 aromatic rings. The topological polar surface area (TPSA) is 65.4 Å². The summed E-state index contributed by atoms with van der Waals surface area (Å²) in [5.41, 5.74) is 3.89. The van der Waals surface area contributed by atoms with Crippen LogP contribution in [0.25, 0.3) is 0 Å². The average molecular weight is 347 g/mol. The molecule has 1 heterocycles. The smallest absolute Gasteiger partial charge is 0.152 e. The lowest BCUT2D eigenvalue weighted by Crippen LogP contribution is -2.14. The molecular weight excluding hydrogens is 324 g/mol. The molecule has 2 rings (SSSR count). The van der Waals surface area contributed by atoms with Crippen LogP contribution in [0.3, 0.4) is 0 Å². The zero-order valence-corrected chi connectivity index (χ0v) is 15.0. The molecule has 0 fully saturated rings. The van der Waals surface area contributed by atoms with E-state index in [2.05, 4.69) is 25.8 Å². The summed E-state index contributed by atoms with van der Waals surface area (Å²) in [5.74, 6) is 2.33. The highest BCUT2D eigenvalue weighted by Gasteiger charge is 2.06. The van der Waals surface area contributed by atoms with Crippen LogP contribution in [-0.2, 0) is 6.42 Å². The molecule has 0 aliphatic carbocycles. The van der Waals surface area contributed by atoms with E-state index in [-0.39, 0.29) is 0 Å². The third-order valence-corrected chi connectivity index (χ3v) is 3.52. The number of hydrogen-bond acceptors (Lipinski definition) is 6. The van der Waals surface area contributed by atoms with Gasteiger partial charge in [0.1, 0.15) is 11.6 Å². The minimum absolute atomic E-state index is 0.673. The van der Waals surface area contributed by atoms with Crippen LogP contribution in [0.4, 0.5) is 11.6 Å². The molecule has 24 heavy (non-hydrogen) atoms. The minimum Gasteiger partial charge on any atom is -0.363 e. The van der Waals surface area contributed by atoms with Crippen molar-refractivity contribution in [2.24, 2.45) is 5.10 Å². The van der Waals surface area contributed by atoms with Gasteiger partial charge in [0, 0.05) is 31.6 Å². The lowest BCUT2D eigenvalue weighted by molar-refractivity contribution is 0.702. The normalized spacial score (nSPS) is 11.0. The number of anilines is 2. The summed E-state index contributed by atoms with van der Waals surface area (Å²) in [6.07, 6.45) is 3.51. The molecule has 0 amide bonds. The molecule has 0 saturated heterocycles. The Hall–Kier alpha value is -2.18. The van der Waals surface area contributed by atoms with Crippen LogP contribution >= 0.6 is 11.6 Å². The van der Waals surface area contributed by atoms with Gasteiger partial charge < -0.3 is 10.2 Å². The molecule has 0 saturated carbocycles. The Labute approximate surface area is 148 Å². The van der Waals surface area contributed by atoms with Gasteiger partial charge >= 0.3 is 0 Å². The molecule has 0 bridgehead atoms. The summed E-state index contributed by atoms with van der Waals surface area (Å²) >= 11 is 5.96. The van der Waals surface area contributed by atoms with E-state index in [1.54, 1.807) is 6.21 Å². The number of nitrogens with zero attached hydrogens (tertiary/aromatic N) is 4. The standard InChI is InChI=1S/C17H23ClN6/c1-19-9-5-8-15-21-16(11-17(22-15)24(2)3)23-20-12-13-6-4-7-14(18)10-13/h4,6-7,10-12,19H,5,8-9H2,1-3H3,(H,21,22,23)/b20-12+. The maximum atomic E-state index is 5.96. The number of hydrogen-bond donors (Lipinski definition) is 2. The first-order valence-electron chi connectivity index (χ1n) is 7.83. The van der Waals surface area contributed by atoms with Crippen molar-refractivity contribution in [2.75, 3.05) is 38.0 Å². The van der Waals surface area contributed by atoms with Gasteiger partial charge in [0.2, 0.25) is 0 Å². The molecule has 0 radical (unpaired) electrons. The first kappa shape index (κ1) is 18.2. The average Bonchev–Trinajstić information content (AvgIpc) is 2.55. The van der Waals surface area contributed by atoms with E-state index in [1.807, 2.05) is 56.4 Å². The molecule has 1 aromatic carbocycles. The SMILES string of the molecule is CNCCCc1nc(N/N=C/c2cccc(Cl)c2)cc(N(C)C)n1. The number of aromatic nitrogens is 2. The van der Waals surface area contributed by atoms with E-state index < -0.39 is 0 Å². The number of rotatable bonds is 8. The molecule has 2 N–H and O–H groups in total. The van der Waals surface area contributed by atoms with Gasteiger partial charge in [-0.05, 0) is 37.7 Å². The second-order valence-electron chi connectivity index (χ2n) is 5.55. The van der Waals surface area contributed by atoms with Crippen molar-refractivity contribution in [1.29, 1.82) is 0 Å². The van der Waals surface area contributed by atoms with Crippen molar-refractivity contribution in [3.8, 4) is 0 Å². The number of hydrazone groups is 1.